The van der Waals surface area contributed by atoms with Gasteiger partial charge in [0.05, 0.1) is 12.2 Å². The molecular weight excluding hydrogens is 224 g/mol. The molecule has 0 radical (unpaired) electrons. The number of hydrogen-bond donors (Lipinski definition) is 0. The molecule has 0 fully saturated rings. The van der Waals surface area contributed by atoms with Gasteiger partial charge in [-0.2, -0.15) is 0 Å². The molecule has 0 saturated heterocycles. The monoisotopic (exact) mass is 258 g/mol. The second kappa shape index (κ2) is 10.8. The van der Waals surface area contributed by atoms with Gasteiger partial charge < -0.3 is 0 Å². The Hall–Kier alpha value is -0.0800. The van der Waals surface area contributed by atoms with E-state index in [1.165, 1.54) is 51.4 Å². The molecular formula is C16H34O2. The van der Waals surface area contributed by atoms with E-state index in [1.807, 2.05) is 20.8 Å². The lowest BCUT2D eigenvalue weighted by Gasteiger charge is -2.21. The number of unbranched alkanes of at least 4 members (excludes halogenated alkanes) is 4. The van der Waals surface area contributed by atoms with Crippen molar-refractivity contribution in [1.29, 1.82) is 0 Å². The molecule has 0 saturated carbocycles. The topological polar surface area (TPSA) is 18.5 Å². The van der Waals surface area contributed by atoms with Crippen LogP contribution in [0.15, 0.2) is 0 Å². The highest BCUT2D eigenvalue weighted by molar-refractivity contribution is 4.60. The van der Waals surface area contributed by atoms with Gasteiger partial charge in [0.25, 0.3) is 0 Å². The van der Waals surface area contributed by atoms with E-state index in [0.717, 1.165) is 6.61 Å². The van der Waals surface area contributed by atoms with Gasteiger partial charge in [0.15, 0.2) is 0 Å². The van der Waals surface area contributed by atoms with E-state index in [1.54, 1.807) is 0 Å². The zero-order valence-corrected chi connectivity index (χ0v) is 13.3. The molecule has 18 heavy (non-hydrogen) atoms. The van der Waals surface area contributed by atoms with Crippen LogP contribution in [0.4, 0.5) is 0 Å². The fourth-order valence-electron chi connectivity index (χ4n) is 1.97. The SMILES string of the molecule is CCCCCCC(CCCC)COOC(C)(C)C. The van der Waals surface area contributed by atoms with Gasteiger partial charge in [0.2, 0.25) is 0 Å². The normalized spacial score (nSPS) is 13.8. The van der Waals surface area contributed by atoms with Gasteiger partial charge in [-0.05, 0) is 39.5 Å². The molecule has 2 nitrogen and oxygen atoms in total. The van der Waals surface area contributed by atoms with Crippen LogP contribution in [0.1, 0.15) is 86.0 Å². The second-order valence-corrected chi connectivity index (χ2v) is 6.34. The van der Waals surface area contributed by atoms with Gasteiger partial charge in [0.1, 0.15) is 0 Å². The highest BCUT2D eigenvalue weighted by Crippen LogP contribution is 2.19. The van der Waals surface area contributed by atoms with Crippen molar-refractivity contribution in [2.75, 3.05) is 6.61 Å². The first-order valence-corrected chi connectivity index (χ1v) is 7.80. The maximum absolute atomic E-state index is 5.41. The third-order valence-electron chi connectivity index (χ3n) is 3.04. The summed E-state index contributed by atoms with van der Waals surface area (Å²) in [6, 6.07) is 0. The van der Waals surface area contributed by atoms with Crippen molar-refractivity contribution in [2.45, 2.75) is 91.6 Å². The average molecular weight is 258 g/mol. The van der Waals surface area contributed by atoms with Gasteiger partial charge in [-0.15, -0.1) is 0 Å². The van der Waals surface area contributed by atoms with Gasteiger partial charge in [-0.25, -0.2) is 9.78 Å². The first-order valence-electron chi connectivity index (χ1n) is 7.80. The van der Waals surface area contributed by atoms with E-state index >= 15 is 0 Å². The van der Waals surface area contributed by atoms with Crippen LogP contribution in [-0.4, -0.2) is 12.2 Å². The highest BCUT2D eigenvalue weighted by atomic mass is 17.2. The molecule has 0 amide bonds. The lowest BCUT2D eigenvalue weighted by atomic mass is 9.96. The first kappa shape index (κ1) is 17.9. The molecule has 0 heterocycles. The summed E-state index contributed by atoms with van der Waals surface area (Å²) in [5, 5.41) is 0. The predicted molar refractivity (Wildman–Crippen MR) is 78.6 cm³/mol. The standard InChI is InChI=1S/C16H34O2/c1-6-8-10-11-13-15(12-9-7-2)14-17-18-16(3,4)5/h15H,6-14H2,1-5H3. The molecule has 0 aromatic rings. The summed E-state index contributed by atoms with van der Waals surface area (Å²) < 4.78 is 0. The number of rotatable bonds is 11. The van der Waals surface area contributed by atoms with Crippen molar-refractivity contribution in [3.63, 3.8) is 0 Å². The Morgan fingerprint density at radius 2 is 1.44 bits per heavy atom. The minimum absolute atomic E-state index is 0.197. The van der Waals surface area contributed by atoms with Crippen molar-refractivity contribution in [3.05, 3.63) is 0 Å². The third kappa shape index (κ3) is 12.4. The van der Waals surface area contributed by atoms with Crippen LogP contribution in [0, 0.1) is 5.92 Å². The van der Waals surface area contributed by atoms with Crippen molar-refractivity contribution in [1.82, 2.24) is 0 Å². The maximum atomic E-state index is 5.41. The first-order chi connectivity index (χ1) is 8.49. The molecule has 1 atom stereocenters. The summed E-state index contributed by atoms with van der Waals surface area (Å²) in [5.74, 6) is 0.671. The minimum Gasteiger partial charge on any atom is -0.236 e. The predicted octanol–water partition coefficient (Wildman–Crippen LogP) is 5.51. The molecule has 110 valence electrons. The van der Waals surface area contributed by atoms with Crippen LogP contribution in [0.3, 0.4) is 0 Å². The zero-order chi connectivity index (χ0) is 13.9. The third-order valence-corrected chi connectivity index (χ3v) is 3.04. The summed E-state index contributed by atoms with van der Waals surface area (Å²) in [4.78, 5) is 10.8. The molecule has 0 aromatic heterocycles. The second-order valence-electron chi connectivity index (χ2n) is 6.34. The quantitative estimate of drug-likeness (QED) is 0.276. The van der Waals surface area contributed by atoms with Crippen molar-refractivity contribution in [2.24, 2.45) is 5.92 Å². The minimum atomic E-state index is -0.197. The average Bonchev–Trinajstić information content (AvgIpc) is 2.29. The fourth-order valence-corrected chi connectivity index (χ4v) is 1.97. The molecule has 0 aliphatic carbocycles. The summed E-state index contributed by atoms with van der Waals surface area (Å²) in [5.41, 5.74) is -0.197. The molecule has 2 heteroatoms. The van der Waals surface area contributed by atoms with E-state index in [-0.39, 0.29) is 5.60 Å². The van der Waals surface area contributed by atoms with Crippen LogP contribution in [0.25, 0.3) is 0 Å². The van der Waals surface area contributed by atoms with Crippen LogP contribution in [0.2, 0.25) is 0 Å². The van der Waals surface area contributed by atoms with Gasteiger partial charge in [-0.3, -0.25) is 0 Å². The Bertz CT molecular complexity index is 172. The van der Waals surface area contributed by atoms with Crippen LogP contribution >= 0.6 is 0 Å². The molecule has 0 aliphatic heterocycles. The zero-order valence-electron chi connectivity index (χ0n) is 13.3. The lowest BCUT2D eigenvalue weighted by Crippen LogP contribution is -2.22. The molecule has 0 aromatic carbocycles. The van der Waals surface area contributed by atoms with Crippen LogP contribution < -0.4 is 0 Å². The fraction of sp³-hybridized carbons (Fsp3) is 1.00. The Morgan fingerprint density at radius 3 is 2.00 bits per heavy atom. The van der Waals surface area contributed by atoms with Crippen molar-refractivity contribution >= 4 is 0 Å². The molecule has 0 aliphatic rings. The summed E-state index contributed by atoms with van der Waals surface area (Å²) >= 11 is 0. The smallest absolute Gasteiger partial charge is 0.0952 e. The van der Waals surface area contributed by atoms with Crippen LogP contribution in [0.5, 0.6) is 0 Å². The van der Waals surface area contributed by atoms with Crippen molar-refractivity contribution < 1.29 is 9.78 Å². The van der Waals surface area contributed by atoms with E-state index in [4.69, 9.17) is 9.78 Å². The Balaban J connectivity index is 3.76. The van der Waals surface area contributed by atoms with Gasteiger partial charge in [0, 0.05) is 0 Å². The molecule has 0 rings (SSSR count). The molecule has 0 bridgehead atoms. The Kier molecular flexibility index (Phi) is 10.8. The maximum Gasteiger partial charge on any atom is 0.0952 e. The summed E-state index contributed by atoms with van der Waals surface area (Å²) in [7, 11) is 0. The highest BCUT2D eigenvalue weighted by Gasteiger charge is 2.14. The lowest BCUT2D eigenvalue weighted by molar-refractivity contribution is -0.354. The molecule has 1 unspecified atom stereocenters. The van der Waals surface area contributed by atoms with Crippen molar-refractivity contribution in [3.8, 4) is 0 Å². The Labute approximate surface area is 114 Å². The van der Waals surface area contributed by atoms with Crippen LogP contribution in [-0.2, 0) is 9.78 Å². The largest absolute Gasteiger partial charge is 0.236 e. The van der Waals surface area contributed by atoms with E-state index in [9.17, 15) is 0 Å². The number of hydrogen-bond acceptors (Lipinski definition) is 2. The Morgan fingerprint density at radius 1 is 0.833 bits per heavy atom. The molecule has 0 N–H and O–H groups in total. The van der Waals surface area contributed by atoms with Gasteiger partial charge >= 0.3 is 0 Å². The summed E-state index contributed by atoms with van der Waals surface area (Å²) in [6.45, 7) is 11.3. The van der Waals surface area contributed by atoms with Gasteiger partial charge in [-0.1, -0.05) is 52.4 Å². The van der Waals surface area contributed by atoms with E-state index < -0.39 is 0 Å². The summed E-state index contributed by atoms with van der Waals surface area (Å²) in [6.07, 6.45) is 10.5. The van der Waals surface area contributed by atoms with E-state index in [0.29, 0.717) is 5.92 Å². The van der Waals surface area contributed by atoms with E-state index in [2.05, 4.69) is 13.8 Å². The molecule has 0 spiro atoms.